The fourth-order valence-electron chi connectivity index (χ4n) is 2.11. The molecule has 1 N–H and O–H groups in total. The summed E-state index contributed by atoms with van der Waals surface area (Å²) in [6, 6.07) is 1.82. The first-order chi connectivity index (χ1) is 10.4. The van der Waals surface area contributed by atoms with Gasteiger partial charge in [0.05, 0.1) is 13.2 Å². The van der Waals surface area contributed by atoms with Gasteiger partial charge in [0, 0.05) is 12.6 Å². The molecule has 120 valence electrons. The van der Waals surface area contributed by atoms with E-state index in [4.69, 9.17) is 14.6 Å². The Balaban J connectivity index is 2.07. The number of carbonyl (C=O) groups excluding carboxylic acids is 1. The lowest BCUT2D eigenvalue weighted by atomic mass is 10.2. The summed E-state index contributed by atoms with van der Waals surface area (Å²) in [5, 5.41) is 9.09. The largest absolute Gasteiger partial charge is 0.481 e. The van der Waals surface area contributed by atoms with E-state index < -0.39 is 35.7 Å². The van der Waals surface area contributed by atoms with Gasteiger partial charge in [0.1, 0.15) is 5.75 Å². The van der Waals surface area contributed by atoms with Crippen LogP contribution in [0.25, 0.3) is 0 Å². The van der Waals surface area contributed by atoms with E-state index in [-0.39, 0.29) is 25.5 Å². The maximum atomic E-state index is 13.1. The van der Waals surface area contributed by atoms with Crippen LogP contribution in [-0.2, 0) is 14.3 Å². The highest BCUT2D eigenvalue weighted by molar-refractivity contribution is 5.86. The number of ether oxygens (including phenoxy) is 2. The van der Waals surface area contributed by atoms with Gasteiger partial charge in [-0.05, 0) is 19.1 Å². The molecule has 0 bridgehead atoms. The maximum absolute atomic E-state index is 13.1. The van der Waals surface area contributed by atoms with Crippen molar-refractivity contribution in [3.8, 4) is 5.75 Å². The second-order valence-corrected chi connectivity index (χ2v) is 4.80. The van der Waals surface area contributed by atoms with Crippen molar-refractivity contribution in [3.05, 3.63) is 29.8 Å². The molecule has 6 nitrogen and oxygen atoms in total. The van der Waals surface area contributed by atoms with Crippen molar-refractivity contribution in [2.45, 2.75) is 19.1 Å². The second kappa shape index (κ2) is 6.69. The fraction of sp³-hybridized carbons (Fsp3) is 0.429. The van der Waals surface area contributed by atoms with E-state index in [0.29, 0.717) is 0 Å². The molecule has 0 aromatic heterocycles. The van der Waals surface area contributed by atoms with Crippen LogP contribution in [0.1, 0.15) is 6.92 Å². The van der Waals surface area contributed by atoms with Gasteiger partial charge in [-0.15, -0.1) is 0 Å². The number of benzene rings is 1. The average molecular weight is 315 g/mol. The minimum atomic E-state index is -1.17. The SMILES string of the molecule is C[C@H](Oc1ccc(F)c(F)c1)C(=O)N1CCOC[C@@H]1C(=O)O. The Hall–Kier alpha value is -2.22. The zero-order valence-electron chi connectivity index (χ0n) is 11.8. The molecule has 1 heterocycles. The van der Waals surface area contributed by atoms with Gasteiger partial charge in [-0.1, -0.05) is 0 Å². The van der Waals surface area contributed by atoms with Crippen LogP contribution in [0.15, 0.2) is 18.2 Å². The molecular weight excluding hydrogens is 300 g/mol. The minimum absolute atomic E-state index is 0.0140. The van der Waals surface area contributed by atoms with Gasteiger partial charge in [0.25, 0.3) is 5.91 Å². The van der Waals surface area contributed by atoms with Gasteiger partial charge in [-0.25, -0.2) is 13.6 Å². The van der Waals surface area contributed by atoms with Crippen LogP contribution < -0.4 is 4.74 Å². The van der Waals surface area contributed by atoms with Crippen molar-refractivity contribution < 1.29 is 33.0 Å². The first-order valence-electron chi connectivity index (χ1n) is 6.63. The van der Waals surface area contributed by atoms with Crippen molar-refractivity contribution in [3.63, 3.8) is 0 Å². The van der Waals surface area contributed by atoms with Crippen LogP contribution in [0.3, 0.4) is 0 Å². The monoisotopic (exact) mass is 315 g/mol. The van der Waals surface area contributed by atoms with Gasteiger partial charge in [0.15, 0.2) is 23.8 Å². The van der Waals surface area contributed by atoms with Crippen LogP contribution >= 0.6 is 0 Å². The number of hydrogen-bond donors (Lipinski definition) is 1. The maximum Gasteiger partial charge on any atom is 0.328 e. The molecule has 22 heavy (non-hydrogen) atoms. The third-order valence-corrected chi connectivity index (χ3v) is 3.25. The lowest BCUT2D eigenvalue weighted by Crippen LogP contribution is -2.55. The summed E-state index contributed by atoms with van der Waals surface area (Å²) < 4.78 is 36.3. The van der Waals surface area contributed by atoms with Crippen molar-refractivity contribution in [2.24, 2.45) is 0 Å². The quantitative estimate of drug-likeness (QED) is 0.898. The Morgan fingerprint density at radius 2 is 2.14 bits per heavy atom. The molecule has 0 radical (unpaired) electrons. The molecule has 1 aliphatic rings. The van der Waals surface area contributed by atoms with E-state index >= 15 is 0 Å². The predicted molar refractivity (Wildman–Crippen MR) is 70.4 cm³/mol. The van der Waals surface area contributed by atoms with Gasteiger partial charge in [-0.3, -0.25) is 4.79 Å². The molecule has 0 saturated carbocycles. The summed E-state index contributed by atoms with van der Waals surface area (Å²) in [7, 11) is 0. The topological polar surface area (TPSA) is 76.1 Å². The van der Waals surface area contributed by atoms with E-state index in [1.165, 1.54) is 13.0 Å². The standard InChI is InChI=1S/C14H15F2NO5/c1-8(22-9-2-3-10(15)11(16)6-9)13(18)17-4-5-21-7-12(17)14(19)20/h2-3,6,8,12H,4-5,7H2,1H3,(H,19,20)/t8-,12+/m0/s1. The number of carboxylic acids is 1. The molecule has 0 unspecified atom stereocenters. The number of aliphatic carboxylic acids is 1. The molecule has 1 aliphatic heterocycles. The summed E-state index contributed by atoms with van der Waals surface area (Å²) in [4.78, 5) is 24.6. The molecule has 0 spiro atoms. The van der Waals surface area contributed by atoms with Gasteiger partial charge in [0.2, 0.25) is 0 Å². The zero-order valence-corrected chi connectivity index (χ0v) is 11.8. The Labute approximate surface area is 125 Å². The number of rotatable bonds is 4. The first-order valence-corrected chi connectivity index (χ1v) is 6.63. The molecule has 2 rings (SSSR count). The van der Waals surface area contributed by atoms with Crippen molar-refractivity contribution in [1.82, 2.24) is 4.90 Å². The lowest BCUT2D eigenvalue weighted by Gasteiger charge is -2.34. The summed E-state index contributed by atoms with van der Waals surface area (Å²) in [5.74, 6) is -3.86. The lowest BCUT2D eigenvalue weighted by molar-refractivity contribution is -0.161. The highest BCUT2D eigenvalue weighted by atomic mass is 19.2. The Morgan fingerprint density at radius 1 is 1.41 bits per heavy atom. The fourth-order valence-corrected chi connectivity index (χ4v) is 2.11. The van der Waals surface area contributed by atoms with Crippen LogP contribution in [-0.4, -0.2) is 53.8 Å². The van der Waals surface area contributed by atoms with Crippen molar-refractivity contribution in [1.29, 1.82) is 0 Å². The van der Waals surface area contributed by atoms with E-state index in [9.17, 15) is 18.4 Å². The van der Waals surface area contributed by atoms with Crippen molar-refractivity contribution in [2.75, 3.05) is 19.8 Å². The number of carboxylic acid groups (broad SMARTS) is 1. The van der Waals surface area contributed by atoms with Gasteiger partial charge < -0.3 is 19.5 Å². The van der Waals surface area contributed by atoms with Crippen LogP contribution in [0, 0.1) is 11.6 Å². The van der Waals surface area contributed by atoms with E-state index in [0.717, 1.165) is 17.0 Å². The Bertz CT molecular complexity index is 580. The molecule has 1 aromatic rings. The number of morpholine rings is 1. The van der Waals surface area contributed by atoms with Gasteiger partial charge in [-0.2, -0.15) is 0 Å². The Kier molecular flexibility index (Phi) is 4.92. The highest BCUT2D eigenvalue weighted by Gasteiger charge is 2.35. The summed E-state index contributed by atoms with van der Waals surface area (Å²) in [6.07, 6.45) is -1.04. The van der Waals surface area contributed by atoms with E-state index in [1.807, 2.05) is 0 Å². The third-order valence-electron chi connectivity index (χ3n) is 3.25. The number of carbonyl (C=O) groups is 2. The van der Waals surface area contributed by atoms with E-state index in [2.05, 4.69) is 0 Å². The molecule has 1 amide bonds. The summed E-state index contributed by atoms with van der Waals surface area (Å²) >= 11 is 0. The molecule has 2 atom stereocenters. The number of hydrogen-bond acceptors (Lipinski definition) is 4. The third kappa shape index (κ3) is 3.51. The van der Waals surface area contributed by atoms with Crippen molar-refractivity contribution >= 4 is 11.9 Å². The first kappa shape index (κ1) is 16.2. The highest BCUT2D eigenvalue weighted by Crippen LogP contribution is 2.18. The Morgan fingerprint density at radius 3 is 2.77 bits per heavy atom. The van der Waals surface area contributed by atoms with Gasteiger partial charge >= 0.3 is 5.97 Å². The number of amides is 1. The average Bonchev–Trinajstić information content (AvgIpc) is 2.50. The number of halogens is 2. The molecule has 0 aliphatic carbocycles. The number of nitrogens with zero attached hydrogens (tertiary/aromatic N) is 1. The minimum Gasteiger partial charge on any atom is -0.481 e. The summed E-state index contributed by atoms with van der Waals surface area (Å²) in [5.41, 5.74) is 0. The second-order valence-electron chi connectivity index (χ2n) is 4.80. The smallest absolute Gasteiger partial charge is 0.328 e. The molecular formula is C14H15F2NO5. The molecule has 8 heteroatoms. The zero-order chi connectivity index (χ0) is 16.3. The summed E-state index contributed by atoms with van der Waals surface area (Å²) in [6.45, 7) is 1.67. The van der Waals surface area contributed by atoms with Crippen LogP contribution in [0.2, 0.25) is 0 Å². The van der Waals surface area contributed by atoms with Crippen LogP contribution in [0.5, 0.6) is 5.75 Å². The van der Waals surface area contributed by atoms with Crippen LogP contribution in [0.4, 0.5) is 8.78 Å². The molecule has 1 aromatic carbocycles. The normalized spacial score (nSPS) is 19.6. The molecule has 1 fully saturated rings. The predicted octanol–water partition coefficient (Wildman–Crippen LogP) is 1.04. The van der Waals surface area contributed by atoms with E-state index in [1.54, 1.807) is 0 Å². The molecule has 1 saturated heterocycles.